The maximum Gasteiger partial charge on any atom is 0.307 e. The van der Waals surface area contributed by atoms with Gasteiger partial charge in [-0.2, -0.15) is 0 Å². The van der Waals surface area contributed by atoms with E-state index >= 15 is 0 Å². The van der Waals surface area contributed by atoms with Crippen LogP contribution in [0.2, 0.25) is 0 Å². The number of pyridine rings is 1. The van der Waals surface area contributed by atoms with E-state index < -0.39 is 11.5 Å². The Morgan fingerprint density at radius 2 is 1.81 bits per heavy atom. The molecule has 5 rings (SSSR count). The van der Waals surface area contributed by atoms with Crippen molar-refractivity contribution in [3.63, 3.8) is 0 Å². The summed E-state index contributed by atoms with van der Waals surface area (Å²) in [7, 11) is 0. The molecule has 2 aliphatic heterocycles. The highest BCUT2D eigenvalue weighted by molar-refractivity contribution is 5.91. The molecule has 8 heteroatoms. The van der Waals surface area contributed by atoms with Gasteiger partial charge in [-0.3, -0.25) is 19.4 Å². The van der Waals surface area contributed by atoms with Gasteiger partial charge in [0.25, 0.3) is 0 Å². The van der Waals surface area contributed by atoms with Crippen LogP contribution in [-0.4, -0.2) is 63.9 Å². The largest absolute Gasteiger partial charge is 0.458 e. The van der Waals surface area contributed by atoms with Crippen molar-refractivity contribution in [2.45, 2.75) is 63.4 Å². The van der Waals surface area contributed by atoms with Crippen molar-refractivity contribution in [2.75, 3.05) is 19.6 Å². The van der Waals surface area contributed by atoms with Gasteiger partial charge < -0.3 is 19.3 Å². The number of nitrogens with zero attached hydrogens (tertiary/aromatic N) is 3. The monoisotopic (exact) mass is 491 g/mol. The van der Waals surface area contributed by atoms with Gasteiger partial charge in [-0.05, 0) is 42.9 Å². The van der Waals surface area contributed by atoms with E-state index in [0.717, 1.165) is 30.4 Å². The Bertz CT molecular complexity index is 1070. The molecule has 2 amide bonds. The molecule has 190 valence electrons. The minimum atomic E-state index is -0.725. The highest BCUT2D eigenvalue weighted by Crippen LogP contribution is 2.45. The zero-order chi connectivity index (χ0) is 25.0. The first kappa shape index (κ1) is 24.4. The summed E-state index contributed by atoms with van der Waals surface area (Å²) in [5, 5.41) is 0. The maximum absolute atomic E-state index is 13.9. The van der Waals surface area contributed by atoms with Crippen LogP contribution in [0.15, 0.2) is 54.9 Å². The summed E-state index contributed by atoms with van der Waals surface area (Å²) in [6.07, 6.45) is 7.55. The minimum Gasteiger partial charge on any atom is -0.458 e. The van der Waals surface area contributed by atoms with Crippen molar-refractivity contribution in [3.8, 4) is 0 Å². The number of amides is 2. The van der Waals surface area contributed by atoms with Crippen molar-refractivity contribution in [3.05, 3.63) is 66.0 Å². The van der Waals surface area contributed by atoms with Crippen molar-refractivity contribution in [1.82, 2.24) is 14.8 Å². The first-order valence-electron chi connectivity index (χ1n) is 12.9. The lowest BCUT2D eigenvalue weighted by Gasteiger charge is -2.38. The molecule has 3 heterocycles. The Kier molecular flexibility index (Phi) is 7.32. The number of benzene rings is 1. The van der Waals surface area contributed by atoms with Gasteiger partial charge in [-0.25, -0.2) is 0 Å². The van der Waals surface area contributed by atoms with Crippen LogP contribution in [0.4, 0.5) is 0 Å². The molecule has 2 aromatic rings. The normalized spacial score (nSPS) is 24.0. The van der Waals surface area contributed by atoms with E-state index in [2.05, 4.69) is 4.98 Å². The van der Waals surface area contributed by atoms with Crippen LogP contribution in [0, 0.1) is 5.92 Å². The number of hydrogen-bond donors (Lipinski definition) is 0. The molecule has 1 saturated carbocycles. The van der Waals surface area contributed by atoms with Crippen molar-refractivity contribution >= 4 is 17.8 Å². The average Bonchev–Trinajstić information content (AvgIpc) is 3.12. The molecule has 1 aliphatic carbocycles. The van der Waals surface area contributed by atoms with Gasteiger partial charge >= 0.3 is 5.97 Å². The highest BCUT2D eigenvalue weighted by Gasteiger charge is 2.54. The zero-order valence-electron chi connectivity index (χ0n) is 20.5. The molecule has 1 aromatic carbocycles. The van der Waals surface area contributed by atoms with Crippen LogP contribution < -0.4 is 0 Å². The van der Waals surface area contributed by atoms with Gasteiger partial charge in [0.2, 0.25) is 11.8 Å². The molecular weight excluding hydrogens is 458 g/mol. The third-order valence-corrected chi connectivity index (χ3v) is 7.58. The van der Waals surface area contributed by atoms with Crippen LogP contribution in [0.25, 0.3) is 0 Å². The van der Waals surface area contributed by atoms with Crippen molar-refractivity contribution < 1.29 is 23.9 Å². The van der Waals surface area contributed by atoms with Crippen LogP contribution >= 0.6 is 0 Å². The third kappa shape index (κ3) is 5.43. The smallest absolute Gasteiger partial charge is 0.307 e. The van der Waals surface area contributed by atoms with Gasteiger partial charge in [0.05, 0.1) is 31.6 Å². The molecule has 2 atom stereocenters. The molecule has 36 heavy (non-hydrogen) atoms. The fourth-order valence-corrected chi connectivity index (χ4v) is 5.73. The molecule has 0 bridgehead atoms. The number of hydrogen-bond acceptors (Lipinski definition) is 6. The summed E-state index contributed by atoms with van der Waals surface area (Å²) in [4.78, 5) is 47.1. The van der Waals surface area contributed by atoms with E-state index in [1.165, 1.54) is 0 Å². The highest BCUT2D eigenvalue weighted by atomic mass is 16.6. The molecule has 1 spiro atoms. The Morgan fingerprint density at radius 1 is 1.03 bits per heavy atom. The van der Waals surface area contributed by atoms with E-state index in [-0.39, 0.29) is 43.4 Å². The molecular formula is C28H33N3O5. The first-order valence-corrected chi connectivity index (χ1v) is 12.9. The molecule has 3 fully saturated rings. The van der Waals surface area contributed by atoms with Crippen LogP contribution in [0.5, 0.6) is 0 Å². The Labute approximate surface area is 211 Å². The summed E-state index contributed by atoms with van der Waals surface area (Å²) >= 11 is 0. The van der Waals surface area contributed by atoms with E-state index in [1.807, 2.05) is 42.5 Å². The fraction of sp³-hybridized carbons (Fsp3) is 0.500. The van der Waals surface area contributed by atoms with Gasteiger partial charge in [0.1, 0.15) is 5.60 Å². The maximum atomic E-state index is 13.9. The second-order valence-corrected chi connectivity index (χ2v) is 10.1. The quantitative estimate of drug-likeness (QED) is 0.577. The van der Waals surface area contributed by atoms with Gasteiger partial charge in [-0.1, -0.05) is 42.8 Å². The summed E-state index contributed by atoms with van der Waals surface area (Å²) in [5.41, 5.74) is 1.22. The van der Waals surface area contributed by atoms with E-state index in [9.17, 15) is 14.4 Å². The van der Waals surface area contributed by atoms with Gasteiger partial charge in [-0.15, -0.1) is 0 Å². The summed E-state index contributed by atoms with van der Waals surface area (Å²) in [5.74, 6) is -1.15. The number of carbonyl (C=O) groups is 3. The zero-order valence-corrected chi connectivity index (χ0v) is 20.5. The second kappa shape index (κ2) is 10.8. The Morgan fingerprint density at radius 3 is 2.56 bits per heavy atom. The van der Waals surface area contributed by atoms with Crippen LogP contribution in [0.3, 0.4) is 0 Å². The number of carbonyl (C=O) groups excluding carboxylic acids is 3. The lowest BCUT2D eigenvalue weighted by atomic mass is 9.75. The molecule has 0 radical (unpaired) electrons. The molecule has 1 aromatic heterocycles. The molecule has 3 aliphatic rings. The minimum absolute atomic E-state index is 0.0286. The molecule has 8 nitrogen and oxygen atoms in total. The predicted octanol–water partition coefficient (Wildman–Crippen LogP) is 3.10. The summed E-state index contributed by atoms with van der Waals surface area (Å²) in [6.45, 7) is 1.42. The molecule has 0 N–H and O–H groups in total. The average molecular weight is 492 g/mol. The number of esters is 1. The summed E-state index contributed by atoms with van der Waals surface area (Å²) in [6, 6.07) is 13.6. The topological polar surface area (TPSA) is 89.0 Å². The molecule has 2 saturated heterocycles. The Hall–Kier alpha value is -3.26. The third-order valence-electron chi connectivity index (χ3n) is 7.58. The SMILES string of the molecule is O=C1CC(C(=O)N2CC(=O)N(Cc3ccccc3)CC(OCc3cccnc3)C2)C2(CCCCC2)O1. The number of ether oxygens (including phenoxy) is 2. The summed E-state index contributed by atoms with van der Waals surface area (Å²) < 4.78 is 12.0. The van der Waals surface area contributed by atoms with Gasteiger partial charge in [0, 0.05) is 32.0 Å². The van der Waals surface area contributed by atoms with Gasteiger partial charge in [0.15, 0.2) is 0 Å². The lowest BCUT2D eigenvalue weighted by molar-refractivity contribution is -0.157. The van der Waals surface area contributed by atoms with Crippen LogP contribution in [0.1, 0.15) is 49.7 Å². The standard InChI is InChI=1S/C28H33N3O5/c32-25-19-31(27(34)24-14-26(33)36-28(24)11-5-2-6-12-28)18-23(35-20-22-10-7-13-29-15-22)17-30(25)16-21-8-3-1-4-9-21/h1,3-4,7-10,13,15,23-24H,2,5-6,11-12,14,16-20H2. The Balaban J connectivity index is 1.36. The fourth-order valence-electron chi connectivity index (χ4n) is 5.73. The number of rotatable bonds is 6. The van der Waals surface area contributed by atoms with E-state index in [0.29, 0.717) is 32.5 Å². The predicted molar refractivity (Wildman–Crippen MR) is 131 cm³/mol. The van der Waals surface area contributed by atoms with Crippen molar-refractivity contribution in [1.29, 1.82) is 0 Å². The number of aromatic nitrogens is 1. The second-order valence-electron chi connectivity index (χ2n) is 10.1. The first-order chi connectivity index (χ1) is 17.5. The van der Waals surface area contributed by atoms with E-state index in [1.54, 1.807) is 22.2 Å². The molecule has 2 unspecified atom stereocenters. The van der Waals surface area contributed by atoms with Crippen molar-refractivity contribution in [2.24, 2.45) is 5.92 Å². The lowest BCUT2D eigenvalue weighted by Crippen LogP contribution is -2.49. The van der Waals surface area contributed by atoms with Crippen LogP contribution in [-0.2, 0) is 37.0 Å². The van der Waals surface area contributed by atoms with E-state index in [4.69, 9.17) is 9.47 Å².